The third kappa shape index (κ3) is 3.52. The molecule has 0 fully saturated rings. The molecule has 5 heteroatoms. The molecule has 1 amide bonds. The maximum absolute atomic E-state index is 12.6. The van der Waals surface area contributed by atoms with Crippen LogP contribution in [0.15, 0.2) is 6.20 Å². The number of nitrogens with one attached hydrogen (secondary N) is 1. The second-order valence-electron chi connectivity index (χ2n) is 5.42. The molecule has 5 nitrogen and oxygen atoms in total. The van der Waals surface area contributed by atoms with Crippen LogP contribution in [0.2, 0.25) is 0 Å². The van der Waals surface area contributed by atoms with E-state index in [1.165, 1.54) is 0 Å². The van der Waals surface area contributed by atoms with E-state index in [-0.39, 0.29) is 5.91 Å². The number of imidazole rings is 1. The average molecular weight is 278 g/mol. The Bertz CT molecular complexity index is 410. The first-order valence-electron chi connectivity index (χ1n) is 7.86. The molecular formula is C15H26N4O. The summed E-state index contributed by atoms with van der Waals surface area (Å²) in [5.41, 5.74) is 0.585. The van der Waals surface area contributed by atoms with E-state index in [2.05, 4.69) is 28.7 Å². The lowest BCUT2D eigenvalue weighted by molar-refractivity contribution is 0.0745. The van der Waals surface area contributed by atoms with Crippen molar-refractivity contribution in [2.45, 2.75) is 52.5 Å². The zero-order valence-electron chi connectivity index (χ0n) is 12.7. The number of fused-ring (bicyclic) bond motifs is 1. The fourth-order valence-corrected chi connectivity index (χ4v) is 2.45. The molecule has 0 unspecified atom stereocenters. The van der Waals surface area contributed by atoms with Crippen LogP contribution in [0.3, 0.4) is 0 Å². The van der Waals surface area contributed by atoms with Gasteiger partial charge in [0.2, 0.25) is 5.95 Å². The van der Waals surface area contributed by atoms with Gasteiger partial charge in [0.05, 0.1) is 0 Å². The molecule has 2 heterocycles. The average Bonchev–Trinajstić information content (AvgIpc) is 2.90. The fraction of sp³-hybridized carbons (Fsp3) is 0.733. The molecule has 20 heavy (non-hydrogen) atoms. The van der Waals surface area contributed by atoms with Gasteiger partial charge in [0, 0.05) is 32.4 Å². The molecule has 1 aliphatic heterocycles. The molecule has 0 atom stereocenters. The molecule has 1 aromatic heterocycles. The molecule has 0 aromatic carbocycles. The zero-order chi connectivity index (χ0) is 14.4. The highest BCUT2D eigenvalue weighted by molar-refractivity contribution is 5.92. The van der Waals surface area contributed by atoms with E-state index in [4.69, 9.17) is 0 Å². The monoisotopic (exact) mass is 278 g/mol. The molecular weight excluding hydrogens is 252 g/mol. The maximum atomic E-state index is 12.6. The lowest BCUT2D eigenvalue weighted by Gasteiger charge is -2.21. The molecule has 1 aromatic rings. The number of anilines is 1. The number of carbonyl (C=O) groups excluding carboxylic acids is 1. The summed E-state index contributed by atoms with van der Waals surface area (Å²) in [5.74, 6) is 0.918. The number of hydrogen-bond donors (Lipinski definition) is 1. The number of rotatable bonds is 7. The molecule has 0 radical (unpaired) electrons. The van der Waals surface area contributed by atoms with Crippen LogP contribution in [0.25, 0.3) is 0 Å². The standard InChI is InChI=1S/C15H26N4O/c1-3-5-9-18(10-6-4-2)14(20)13-12-19-11-7-8-16-15(19)17-13/h12H,3-11H2,1-2H3,(H,16,17). The fourth-order valence-electron chi connectivity index (χ4n) is 2.45. The van der Waals surface area contributed by atoms with Gasteiger partial charge in [0.15, 0.2) is 0 Å². The van der Waals surface area contributed by atoms with Gasteiger partial charge in [-0.05, 0) is 19.3 Å². The van der Waals surface area contributed by atoms with Crippen molar-refractivity contribution in [2.24, 2.45) is 0 Å². The van der Waals surface area contributed by atoms with E-state index in [0.29, 0.717) is 5.69 Å². The number of nitrogens with zero attached hydrogens (tertiary/aromatic N) is 3. The van der Waals surface area contributed by atoms with E-state index < -0.39 is 0 Å². The Morgan fingerprint density at radius 2 is 2.05 bits per heavy atom. The minimum atomic E-state index is 0.0793. The van der Waals surface area contributed by atoms with Crippen molar-refractivity contribution < 1.29 is 4.79 Å². The lowest BCUT2D eigenvalue weighted by Crippen LogP contribution is -2.33. The van der Waals surface area contributed by atoms with Crippen molar-refractivity contribution in [3.8, 4) is 0 Å². The van der Waals surface area contributed by atoms with Crippen LogP contribution in [-0.2, 0) is 6.54 Å². The van der Waals surface area contributed by atoms with Crippen molar-refractivity contribution in [1.82, 2.24) is 14.5 Å². The summed E-state index contributed by atoms with van der Waals surface area (Å²) < 4.78 is 2.05. The van der Waals surface area contributed by atoms with Gasteiger partial charge in [-0.2, -0.15) is 0 Å². The topological polar surface area (TPSA) is 50.2 Å². The van der Waals surface area contributed by atoms with Gasteiger partial charge in [0.25, 0.3) is 5.91 Å². The van der Waals surface area contributed by atoms with Crippen LogP contribution in [-0.4, -0.2) is 40.0 Å². The molecule has 1 aliphatic rings. The van der Waals surface area contributed by atoms with Crippen LogP contribution < -0.4 is 5.32 Å². The van der Waals surface area contributed by atoms with E-state index in [1.54, 1.807) is 0 Å². The van der Waals surface area contributed by atoms with Gasteiger partial charge in [-0.15, -0.1) is 0 Å². The van der Waals surface area contributed by atoms with Gasteiger partial charge in [-0.3, -0.25) is 4.79 Å². The molecule has 0 aliphatic carbocycles. The van der Waals surface area contributed by atoms with E-state index in [0.717, 1.165) is 64.2 Å². The Kier molecular flexibility index (Phi) is 5.44. The molecule has 1 N–H and O–H groups in total. The van der Waals surface area contributed by atoms with E-state index >= 15 is 0 Å². The number of amides is 1. The first-order chi connectivity index (χ1) is 9.76. The van der Waals surface area contributed by atoms with Gasteiger partial charge in [-0.25, -0.2) is 4.98 Å². The molecule has 0 saturated carbocycles. The molecule has 0 spiro atoms. The normalized spacial score (nSPS) is 13.7. The highest BCUT2D eigenvalue weighted by Gasteiger charge is 2.20. The Morgan fingerprint density at radius 3 is 2.65 bits per heavy atom. The summed E-state index contributed by atoms with van der Waals surface area (Å²) >= 11 is 0. The Balaban J connectivity index is 2.07. The minimum absolute atomic E-state index is 0.0793. The number of unbranched alkanes of at least 4 members (excludes halogenated alkanes) is 2. The second kappa shape index (κ2) is 7.31. The number of carbonyl (C=O) groups is 1. The zero-order valence-corrected chi connectivity index (χ0v) is 12.7. The highest BCUT2D eigenvalue weighted by atomic mass is 16.2. The Labute approximate surface area is 121 Å². The summed E-state index contributed by atoms with van der Waals surface area (Å²) in [6.07, 6.45) is 7.32. The SMILES string of the molecule is CCCCN(CCCC)C(=O)c1cn2c(n1)NCCC2. The maximum Gasteiger partial charge on any atom is 0.274 e. The molecule has 112 valence electrons. The summed E-state index contributed by atoms with van der Waals surface area (Å²) in [6.45, 7) is 7.88. The quantitative estimate of drug-likeness (QED) is 0.834. The van der Waals surface area contributed by atoms with Crippen LogP contribution >= 0.6 is 0 Å². The van der Waals surface area contributed by atoms with Crippen LogP contribution in [0.5, 0.6) is 0 Å². The van der Waals surface area contributed by atoms with Crippen LogP contribution in [0.4, 0.5) is 5.95 Å². The number of aryl methyl sites for hydroxylation is 1. The largest absolute Gasteiger partial charge is 0.356 e. The van der Waals surface area contributed by atoms with Crippen molar-refractivity contribution in [2.75, 3.05) is 25.0 Å². The first kappa shape index (κ1) is 14.9. The van der Waals surface area contributed by atoms with Crippen molar-refractivity contribution >= 4 is 11.9 Å². The van der Waals surface area contributed by atoms with E-state index in [9.17, 15) is 4.79 Å². The van der Waals surface area contributed by atoms with Crippen molar-refractivity contribution in [1.29, 1.82) is 0 Å². The molecule has 0 saturated heterocycles. The predicted octanol–water partition coefficient (Wildman–Crippen LogP) is 2.74. The molecule has 0 bridgehead atoms. The highest BCUT2D eigenvalue weighted by Crippen LogP contribution is 2.16. The third-order valence-corrected chi connectivity index (χ3v) is 3.70. The summed E-state index contributed by atoms with van der Waals surface area (Å²) in [4.78, 5) is 19.0. The smallest absolute Gasteiger partial charge is 0.274 e. The summed E-state index contributed by atoms with van der Waals surface area (Å²) in [7, 11) is 0. The molecule has 2 rings (SSSR count). The van der Waals surface area contributed by atoms with Crippen molar-refractivity contribution in [3.63, 3.8) is 0 Å². The lowest BCUT2D eigenvalue weighted by atomic mass is 10.2. The minimum Gasteiger partial charge on any atom is -0.356 e. The number of hydrogen-bond acceptors (Lipinski definition) is 3. The number of aromatic nitrogens is 2. The second-order valence-corrected chi connectivity index (χ2v) is 5.42. The van der Waals surface area contributed by atoms with Crippen LogP contribution in [0, 0.1) is 0 Å². The van der Waals surface area contributed by atoms with Gasteiger partial charge >= 0.3 is 0 Å². The Morgan fingerprint density at radius 1 is 1.35 bits per heavy atom. The summed E-state index contributed by atoms with van der Waals surface area (Å²) in [6, 6.07) is 0. The predicted molar refractivity (Wildman–Crippen MR) is 81.1 cm³/mol. The van der Waals surface area contributed by atoms with Gasteiger partial charge in [-0.1, -0.05) is 26.7 Å². The van der Waals surface area contributed by atoms with Gasteiger partial charge in [0.1, 0.15) is 5.69 Å². The van der Waals surface area contributed by atoms with E-state index in [1.807, 2.05) is 11.1 Å². The van der Waals surface area contributed by atoms with Crippen molar-refractivity contribution in [3.05, 3.63) is 11.9 Å². The Hall–Kier alpha value is -1.52. The van der Waals surface area contributed by atoms with Crippen LogP contribution in [0.1, 0.15) is 56.4 Å². The third-order valence-electron chi connectivity index (χ3n) is 3.70. The summed E-state index contributed by atoms with van der Waals surface area (Å²) in [5, 5.41) is 3.24. The van der Waals surface area contributed by atoms with Gasteiger partial charge < -0.3 is 14.8 Å². The first-order valence-corrected chi connectivity index (χ1v) is 7.86.